The van der Waals surface area contributed by atoms with Crippen molar-refractivity contribution in [3.8, 4) is 0 Å². The average molecular weight is 548 g/mol. The van der Waals surface area contributed by atoms with Gasteiger partial charge in [-0.1, -0.05) is 0 Å². The summed E-state index contributed by atoms with van der Waals surface area (Å²) in [5, 5.41) is 11.8. The van der Waals surface area contributed by atoms with Gasteiger partial charge in [0.15, 0.2) is 11.8 Å². The highest BCUT2D eigenvalue weighted by atomic mass is 127. The van der Waals surface area contributed by atoms with Crippen LogP contribution >= 0.6 is 24.0 Å². The fourth-order valence-electron chi connectivity index (χ4n) is 3.79. The van der Waals surface area contributed by atoms with Gasteiger partial charge < -0.3 is 24.4 Å². The zero-order chi connectivity index (χ0) is 21.3. The quantitative estimate of drug-likeness (QED) is 0.219. The lowest BCUT2D eigenvalue weighted by atomic mass is 10.3. The maximum atomic E-state index is 12.4. The molecule has 2 aliphatic heterocycles. The van der Waals surface area contributed by atoms with Crippen molar-refractivity contribution in [2.45, 2.75) is 32.7 Å². The molecule has 1 amide bonds. The third-order valence-corrected chi connectivity index (χ3v) is 5.85. The van der Waals surface area contributed by atoms with E-state index in [-0.39, 0.29) is 29.9 Å². The Morgan fingerprint density at radius 2 is 1.81 bits per heavy atom. The Kier molecular flexibility index (Phi) is 10.9. The number of aliphatic imine (C=N–C) groups is 1. The standard InChI is InChI=1S/C20H36N8O2.HI/c1-17-23-24-18(25(17)2)15-22-20(21-7-6-14-30-3)28-12-10-26(11-13-28)16-19(29)27-8-4-5-9-27;/h4-16H2,1-3H3,(H,21,22);1H. The molecule has 3 heterocycles. The first kappa shape index (κ1) is 25.8. The van der Waals surface area contributed by atoms with Crippen LogP contribution in [0, 0.1) is 6.92 Å². The second kappa shape index (κ2) is 13.2. The molecule has 3 rings (SSSR count). The molecule has 2 fully saturated rings. The number of carbonyl (C=O) groups excluding carboxylic acids is 1. The Balaban J connectivity index is 0.00000341. The topological polar surface area (TPSA) is 91.1 Å². The predicted molar refractivity (Wildman–Crippen MR) is 131 cm³/mol. The first-order valence-corrected chi connectivity index (χ1v) is 11.0. The molecule has 1 aromatic heterocycles. The molecule has 0 aromatic carbocycles. The fourth-order valence-corrected chi connectivity index (χ4v) is 3.79. The molecule has 0 bridgehead atoms. The lowest BCUT2D eigenvalue weighted by molar-refractivity contribution is -0.131. The number of piperazine rings is 1. The predicted octanol–water partition coefficient (Wildman–Crippen LogP) is 0.464. The van der Waals surface area contributed by atoms with Crippen molar-refractivity contribution in [2.75, 3.05) is 66.1 Å². The number of hydrogen-bond acceptors (Lipinski definition) is 6. The number of guanidine groups is 1. The van der Waals surface area contributed by atoms with Gasteiger partial charge in [0.2, 0.25) is 5.91 Å². The number of hydrogen-bond donors (Lipinski definition) is 1. The molecule has 1 N–H and O–H groups in total. The van der Waals surface area contributed by atoms with Crippen molar-refractivity contribution in [3.63, 3.8) is 0 Å². The first-order chi connectivity index (χ1) is 14.6. The highest BCUT2D eigenvalue weighted by Crippen LogP contribution is 2.10. The summed E-state index contributed by atoms with van der Waals surface area (Å²) in [5.41, 5.74) is 0. The van der Waals surface area contributed by atoms with Crippen molar-refractivity contribution in [1.29, 1.82) is 0 Å². The molecule has 176 valence electrons. The van der Waals surface area contributed by atoms with Gasteiger partial charge in [-0.2, -0.15) is 0 Å². The van der Waals surface area contributed by atoms with Gasteiger partial charge in [-0.25, -0.2) is 4.99 Å². The van der Waals surface area contributed by atoms with E-state index < -0.39 is 0 Å². The Morgan fingerprint density at radius 1 is 1.10 bits per heavy atom. The van der Waals surface area contributed by atoms with Crippen LogP contribution < -0.4 is 5.32 Å². The summed E-state index contributed by atoms with van der Waals surface area (Å²) in [7, 11) is 3.68. The van der Waals surface area contributed by atoms with E-state index in [0.29, 0.717) is 13.1 Å². The van der Waals surface area contributed by atoms with E-state index in [9.17, 15) is 4.79 Å². The minimum Gasteiger partial charge on any atom is -0.385 e. The van der Waals surface area contributed by atoms with Crippen LogP contribution in [-0.2, 0) is 23.1 Å². The van der Waals surface area contributed by atoms with E-state index in [1.807, 2.05) is 23.4 Å². The number of halogens is 1. The number of amides is 1. The van der Waals surface area contributed by atoms with Crippen LogP contribution in [0.2, 0.25) is 0 Å². The van der Waals surface area contributed by atoms with Gasteiger partial charge in [-0.05, 0) is 26.2 Å². The number of rotatable bonds is 8. The molecule has 0 spiro atoms. The number of aryl methyl sites for hydroxylation is 1. The summed E-state index contributed by atoms with van der Waals surface area (Å²) in [6.45, 7) is 9.73. The van der Waals surface area contributed by atoms with E-state index in [4.69, 9.17) is 9.73 Å². The first-order valence-electron chi connectivity index (χ1n) is 11.0. The number of nitrogens with zero attached hydrogens (tertiary/aromatic N) is 7. The molecule has 1 aromatic rings. The van der Waals surface area contributed by atoms with Gasteiger partial charge in [-0.15, -0.1) is 34.2 Å². The van der Waals surface area contributed by atoms with E-state index in [1.165, 1.54) is 0 Å². The summed E-state index contributed by atoms with van der Waals surface area (Å²) in [6.07, 6.45) is 3.20. The normalized spacial score (nSPS) is 17.7. The zero-order valence-electron chi connectivity index (χ0n) is 19.0. The summed E-state index contributed by atoms with van der Waals surface area (Å²) in [6, 6.07) is 0. The largest absolute Gasteiger partial charge is 0.385 e. The fraction of sp³-hybridized carbons (Fsp3) is 0.800. The minimum absolute atomic E-state index is 0. The molecule has 0 aliphatic carbocycles. The Bertz CT molecular complexity index is 712. The Hall–Kier alpha value is -1.47. The molecule has 0 atom stereocenters. The van der Waals surface area contributed by atoms with Crippen LogP contribution in [0.1, 0.15) is 30.9 Å². The van der Waals surface area contributed by atoms with E-state index in [0.717, 1.165) is 89.3 Å². The van der Waals surface area contributed by atoms with Crippen LogP contribution in [0.4, 0.5) is 0 Å². The lowest BCUT2D eigenvalue weighted by Crippen LogP contribution is -2.54. The van der Waals surface area contributed by atoms with Crippen molar-refractivity contribution >= 4 is 35.8 Å². The second-order valence-corrected chi connectivity index (χ2v) is 7.99. The van der Waals surface area contributed by atoms with Crippen molar-refractivity contribution in [2.24, 2.45) is 12.0 Å². The van der Waals surface area contributed by atoms with Gasteiger partial charge in [0.05, 0.1) is 6.54 Å². The molecule has 0 radical (unpaired) electrons. The molecule has 31 heavy (non-hydrogen) atoms. The molecule has 2 saturated heterocycles. The number of nitrogens with one attached hydrogen (secondary N) is 1. The number of ether oxygens (including phenoxy) is 1. The van der Waals surface area contributed by atoms with Gasteiger partial charge in [0.1, 0.15) is 12.4 Å². The number of aromatic nitrogens is 3. The van der Waals surface area contributed by atoms with Crippen LogP contribution in [-0.4, -0.2) is 107 Å². The maximum absolute atomic E-state index is 12.4. The smallest absolute Gasteiger partial charge is 0.236 e. The van der Waals surface area contributed by atoms with Gasteiger partial charge in [-0.3, -0.25) is 9.69 Å². The van der Waals surface area contributed by atoms with Gasteiger partial charge >= 0.3 is 0 Å². The van der Waals surface area contributed by atoms with E-state index in [2.05, 4.69) is 25.3 Å². The molecule has 10 nitrogen and oxygen atoms in total. The molecule has 2 aliphatic rings. The number of carbonyl (C=O) groups is 1. The van der Waals surface area contributed by atoms with E-state index in [1.54, 1.807) is 7.11 Å². The van der Waals surface area contributed by atoms with Crippen molar-refractivity contribution < 1.29 is 9.53 Å². The van der Waals surface area contributed by atoms with Crippen LogP contribution in [0.25, 0.3) is 0 Å². The minimum atomic E-state index is 0. The number of likely N-dealkylation sites (tertiary alicyclic amines) is 1. The lowest BCUT2D eigenvalue weighted by Gasteiger charge is -2.36. The van der Waals surface area contributed by atoms with Crippen molar-refractivity contribution in [3.05, 3.63) is 11.6 Å². The Morgan fingerprint density at radius 3 is 2.42 bits per heavy atom. The van der Waals surface area contributed by atoms with Crippen molar-refractivity contribution in [1.82, 2.24) is 34.8 Å². The molecule has 11 heteroatoms. The third-order valence-electron chi connectivity index (χ3n) is 5.85. The molecular weight excluding hydrogens is 511 g/mol. The van der Waals surface area contributed by atoms with Gasteiger partial charge in [0, 0.05) is 66.6 Å². The summed E-state index contributed by atoms with van der Waals surface area (Å²) in [4.78, 5) is 23.8. The Labute approximate surface area is 202 Å². The highest BCUT2D eigenvalue weighted by molar-refractivity contribution is 14.0. The van der Waals surface area contributed by atoms with Crippen LogP contribution in [0.3, 0.4) is 0 Å². The molecular formula is C20H37IN8O2. The monoisotopic (exact) mass is 548 g/mol. The summed E-state index contributed by atoms with van der Waals surface area (Å²) >= 11 is 0. The average Bonchev–Trinajstić information content (AvgIpc) is 3.40. The number of methoxy groups -OCH3 is 1. The van der Waals surface area contributed by atoms with E-state index >= 15 is 0 Å². The van der Waals surface area contributed by atoms with Gasteiger partial charge in [0.25, 0.3) is 0 Å². The summed E-state index contributed by atoms with van der Waals surface area (Å²) in [5.74, 6) is 2.88. The zero-order valence-corrected chi connectivity index (χ0v) is 21.4. The SMILES string of the molecule is COCCCNC(=NCc1nnc(C)n1C)N1CCN(CC(=O)N2CCCC2)CC1.I. The molecule has 0 unspecified atom stereocenters. The summed E-state index contributed by atoms with van der Waals surface area (Å²) < 4.78 is 7.12. The third kappa shape index (κ3) is 7.56. The molecule has 0 saturated carbocycles. The maximum Gasteiger partial charge on any atom is 0.236 e. The highest BCUT2D eigenvalue weighted by Gasteiger charge is 2.24. The van der Waals surface area contributed by atoms with Crippen LogP contribution in [0.5, 0.6) is 0 Å². The van der Waals surface area contributed by atoms with Crippen LogP contribution in [0.15, 0.2) is 4.99 Å². The second-order valence-electron chi connectivity index (χ2n) is 7.99.